The van der Waals surface area contributed by atoms with E-state index in [0.29, 0.717) is 11.7 Å². The van der Waals surface area contributed by atoms with Gasteiger partial charge in [-0.3, -0.25) is 9.00 Å². The quantitative estimate of drug-likeness (QED) is 0.892. The molecule has 0 aliphatic heterocycles. The first kappa shape index (κ1) is 17.6. The Kier molecular flexibility index (Phi) is 5.77. The van der Waals surface area contributed by atoms with Crippen LogP contribution < -0.4 is 5.32 Å². The van der Waals surface area contributed by atoms with Crippen molar-refractivity contribution in [1.82, 2.24) is 10.3 Å². The van der Waals surface area contributed by atoms with Gasteiger partial charge in [-0.2, -0.15) is 0 Å². The third kappa shape index (κ3) is 4.88. The molecule has 2 rings (SSSR count). The summed E-state index contributed by atoms with van der Waals surface area (Å²) in [4.78, 5) is 16.7. The molecule has 0 saturated heterocycles. The molecule has 1 fully saturated rings. The number of hydrogen-bond donors (Lipinski definition) is 1. The number of aromatic nitrogens is 1. The fourth-order valence-corrected chi connectivity index (χ4v) is 4.69. The van der Waals surface area contributed by atoms with E-state index in [0.717, 1.165) is 5.69 Å². The standard InChI is InChI=1S/C16H26N2O2S2/c1-11(14(19)18-16(2,3)4)22(20)10-13-9-21-15(17-13)12-7-5-6-8-12/h9,11-12H,5-8,10H2,1-4H3,(H,18,19)/t11-,22-/m1/s1. The van der Waals surface area contributed by atoms with Crippen molar-refractivity contribution in [3.05, 3.63) is 16.1 Å². The van der Waals surface area contributed by atoms with Crippen molar-refractivity contribution in [2.75, 3.05) is 0 Å². The summed E-state index contributed by atoms with van der Waals surface area (Å²) in [5.74, 6) is 0.799. The molecular weight excluding hydrogens is 316 g/mol. The Morgan fingerprint density at radius 3 is 2.68 bits per heavy atom. The summed E-state index contributed by atoms with van der Waals surface area (Å²) in [5.41, 5.74) is 0.562. The SMILES string of the molecule is C[C@H](C(=O)NC(C)(C)C)[S@](=O)Cc1csc(C2CCCC2)n1. The molecule has 1 saturated carbocycles. The maximum Gasteiger partial charge on any atom is 0.235 e. The maximum atomic E-state index is 12.4. The van der Waals surface area contributed by atoms with Gasteiger partial charge in [0.25, 0.3) is 0 Å². The average molecular weight is 343 g/mol. The lowest BCUT2D eigenvalue weighted by atomic mass is 10.1. The first-order valence-electron chi connectivity index (χ1n) is 7.90. The van der Waals surface area contributed by atoms with Gasteiger partial charge in [0.1, 0.15) is 5.25 Å². The van der Waals surface area contributed by atoms with Gasteiger partial charge in [-0.15, -0.1) is 11.3 Å². The summed E-state index contributed by atoms with van der Waals surface area (Å²) in [5, 5.41) is 5.55. The molecule has 0 unspecified atom stereocenters. The highest BCUT2D eigenvalue weighted by Crippen LogP contribution is 2.35. The molecule has 1 heterocycles. The van der Waals surface area contributed by atoms with E-state index < -0.39 is 16.0 Å². The van der Waals surface area contributed by atoms with Crippen LogP contribution in [0.4, 0.5) is 0 Å². The summed E-state index contributed by atoms with van der Waals surface area (Å²) < 4.78 is 12.4. The van der Waals surface area contributed by atoms with E-state index in [4.69, 9.17) is 0 Å². The van der Waals surface area contributed by atoms with Gasteiger partial charge < -0.3 is 5.32 Å². The van der Waals surface area contributed by atoms with Crippen LogP contribution in [0.3, 0.4) is 0 Å². The van der Waals surface area contributed by atoms with Crippen molar-refractivity contribution >= 4 is 28.0 Å². The van der Waals surface area contributed by atoms with Gasteiger partial charge in [0.15, 0.2) is 0 Å². The lowest BCUT2D eigenvalue weighted by molar-refractivity contribution is -0.121. The number of carbonyl (C=O) groups is 1. The van der Waals surface area contributed by atoms with E-state index >= 15 is 0 Å². The lowest BCUT2D eigenvalue weighted by Gasteiger charge is -2.22. The zero-order valence-electron chi connectivity index (χ0n) is 13.8. The highest BCUT2D eigenvalue weighted by Gasteiger charge is 2.25. The molecule has 22 heavy (non-hydrogen) atoms. The fourth-order valence-electron chi connectivity index (χ4n) is 2.61. The monoisotopic (exact) mass is 342 g/mol. The largest absolute Gasteiger partial charge is 0.350 e. The zero-order chi connectivity index (χ0) is 16.3. The van der Waals surface area contributed by atoms with Crippen LogP contribution in [0.5, 0.6) is 0 Å². The minimum absolute atomic E-state index is 0.155. The number of hydrogen-bond acceptors (Lipinski definition) is 4. The molecule has 2 atom stereocenters. The molecule has 0 spiro atoms. The average Bonchev–Trinajstić information content (AvgIpc) is 3.05. The van der Waals surface area contributed by atoms with Crippen LogP contribution in [0.15, 0.2) is 5.38 Å². The number of rotatable bonds is 5. The third-order valence-corrected chi connectivity index (χ3v) is 6.46. The van der Waals surface area contributed by atoms with Gasteiger partial charge in [-0.05, 0) is 40.5 Å². The second-order valence-electron chi connectivity index (χ2n) is 7.07. The molecule has 1 N–H and O–H groups in total. The van der Waals surface area contributed by atoms with Gasteiger partial charge in [0.05, 0.1) is 16.5 Å². The first-order valence-corrected chi connectivity index (χ1v) is 10.2. The number of nitrogens with one attached hydrogen (secondary N) is 1. The maximum absolute atomic E-state index is 12.4. The summed E-state index contributed by atoms with van der Waals surface area (Å²) in [6, 6.07) is 0. The van der Waals surface area contributed by atoms with Crippen LogP contribution in [0, 0.1) is 0 Å². The fraction of sp³-hybridized carbons (Fsp3) is 0.750. The van der Waals surface area contributed by atoms with Crippen molar-refractivity contribution in [3.8, 4) is 0 Å². The second-order valence-corrected chi connectivity index (χ2v) is 9.71. The van der Waals surface area contributed by atoms with Crippen molar-refractivity contribution in [2.24, 2.45) is 0 Å². The minimum atomic E-state index is -1.24. The third-order valence-electron chi connectivity index (χ3n) is 3.83. The molecular formula is C16H26N2O2S2. The molecule has 1 aliphatic rings. The summed E-state index contributed by atoms with van der Waals surface area (Å²) in [6.45, 7) is 7.50. The lowest BCUT2D eigenvalue weighted by Crippen LogP contribution is -2.46. The number of thiazole rings is 1. The van der Waals surface area contributed by atoms with Crippen LogP contribution in [-0.2, 0) is 21.3 Å². The van der Waals surface area contributed by atoms with E-state index in [1.807, 2.05) is 26.2 Å². The van der Waals surface area contributed by atoms with Crippen molar-refractivity contribution < 1.29 is 9.00 Å². The first-order chi connectivity index (χ1) is 10.3. The van der Waals surface area contributed by atoms with Crippen molar-refractivity contribution in [2.45, 2.75) is 75.8 Å². The second kappa shape index (κ2) is 7.21. The topological polar surface area (TPSA) is 59.1 Å². The van der Waals surface area contributed by atoms with E-state index in [2.05, 4.69) is 10.3 Å². The van der Waals surface area contributed by atoms with E-state index in [-0.39, 0.29) is 11.4 Å². The van der Waals surface area contributed by atoms with Crippen LogP contribution in [0.1, 0.15) is 70.0 Å². The molecule has 6 heteroatoms. The van der Waals surface area contributed by atoms with Gasteiger partial charge in [0.2, 0.25) is 5.91 Å². The van der Waals surface area contributed by atoms with Gasteiger partial charge in [-0.25, -0.2) is 4.98 Å². The molecule has 0 bridgehead atoms. The molecule has 1 aliphatic carbocycles. The molecule has 1 aromatic rings. The minimum Gasteiger partial charge on any atom is -0.350 e. The van der Waals surface area contributed by atoms with Crippen LogP contribution in [0.25, 0.3) is 0 Å². The van der Waals surface area contributed by atoms with Crippen molar-refractivity contribution in [3.63, 3.8) is 0 Å². The number of carbonyl (C=O) groups excluding carboxylic acids is 1. The molecule has 1 aromatic heterocycles. The van der Waals surface area contributed by atoms with E-state index in [9.17, 15) is 9.00 Å². The van der Waals surface area contributed by atoms with Crippen LogP contribution in [-0.4, -0.2) is 25.9 Å². The molecule has 0 radical (unpaired) electrons. The molecule has 4 nitrogen and oxygen atoms in total. The van der Waals surface area contributed by atoms with Crippen LogP contribution >= 0.6 is 11.3 Å². The summed E-state index contributed by atoms with van der Waals surface area (Å²) in [7, 11) is -1.24. The smallest absolute Gasteiger partial charge is 0.235 e. The molecule has 1 amide bonds. The Balaban J connectivity index is 1.92. The van der Waals surface area contributed by atoms with Gasteiger partial charge in [0, 0.05) is 27.6 Å². The van der Waals surface area contributed by atoms with Gasteiger partial charge in [-0.1, -0.05) is 12.8 Å². The Morgan fingerprint density at radius 2 is 2.09 bits per heavy atom. The summed E-state index contributed by atoms with van der Waals surface area (Å²) >= 11 is 1.67. The van der Waals surface area contributed by atoms with E-state index in [1.165, 1.54) is 30.7 Å². The molecule has 124 valence electrons. The van der Waals surface area contributed by atoms with Gasteiger partial charge >= 0.3 is 0 Å². The summed E-state index contributed by atoms with van der Waals surface area (Å²) in [6.07, 6.45) is 5.02. The highest BCUT2D eigenvalue weighted by molar-refractivity contribution is 7.85. The zero-order valence-corrected chi connectivity index (χ0v) is 15.5. The molecule has 0 aromatic carbocycles. The Bertz CT molecular complexity index is 543. The van der Waals surface area contributed by atoms with Crippen molar-refractivity contribution in [1.29, 1.82) is 0 Å². The highest BCUT2D eigenvalue weighted by atomic mass is 32.2. The number of amides is 1. The Labute approximate surface area is 139 Å². The predicted molar refractivity (Wildman–Crippen MR) is 92.5 cm³/mol. The Hall–Kier alpha value is -0.750. The number of nitrogens with zero attached hydrogens (tertiary/aromatic N) is 1. The van der Waals surface area contributed by atoms with Crippen LogP contribution in [0.2, 0.25) is 0 Å². The van der Waals surface area contributed by atoms with E-state index in [1.54, 1.807) is 18.3 Å². The normalized spacial score (nSPS) is 19.1. The predicted octanol–water partition coefficient (Wildman–Crippen LogP) is 3.35. The Morgan fingerprint density at radius 1 is 1.45 bits per heavy atom.